The van der Waals surface area contributed by atoms with E-state index in [2.05, 4.69) is 54.1 Å². The van der Waals surface area contributed by atoms with Gasteiger partial charge in [0.15, 0.2) is 0 Å². The molecule has 0 aliphatic carbocycles. The molecule has 0 radical (unpaired) electrons. The number of hydrogen-bond donors (Lipinski definition) is 2. The van der Waals surface area contributed by atoms with Gasteiger partial charge in [-0.15, -0.1) is 0 Å². The second-order valence-electron chi connectivity index (χ2n) is 8.05. The molecule has 2 heterocycles. The summed E-state index contributed by atoms with van der Waals surface area (Å²) in [5.74, 6) is 1.10. The van der Waals surface area contributed by atoms with Gasteiger partial charge < -0.3 is 5.32 Å². The summed E-state index contributed by atoms with van der Waals surface area (Å²) in [6.45, 7) is 5.94. The van der Waals surface area contributed by atoms with Crippen LogP contribution in [-0.4, -0.2) is 30.9 Å². The Morgan fingerprint density at radius 2 is 1.59 bits per heavy atom. The van der Waals surface area contributed by atoms with Crippen LogP contribution in [0.15, 0.2) is 77.9 Å². The quantitative estimate of drug-likeness (QED) is 0.270. The number of hydrogen-bond acceptors (Lipinski definition) is 7. The van der Waals surface area contributed by atoms with Crippen LogP contribution in [0, 0.1) is 20.8 Å². The molecule has 0 unspecified atom stereocenters. The van der Waals surface area contributed by atoms with Gasteiger partial charge in [0, 0.05) is 16.9 Å². The Bertz CT molecular complexity index is 1480. The van der Waals surface area contributed by atoms with Crippen LogP contribution < -0.4 is 10.7 Å². The van der Waals surface area contributed by atoms with Crippen LogP contribution in [0.4, 0.5) is 17.6 Å². The number of nitrogens with zero attached hydrogens (tertiary/aromatic N) is 6. The van der Waals surface area contributed by atoms with Crippen molar-refractivity contribution in [2.75, 3.05) is 10.7 Å². The minimum absolute atomic E-state index is 0.309. The summed E-state index contributed by atoms with van der Waals surface area (Å²) >= 11 is 0. The van der Waals surface area contributed by atoms with E-state index in [9.17, 15) is 0 Å². The van der Waals surface area contributed by atoms with Gasteiger partial charge in [-0.05, 0) is 49.7 Å². The lowest BCUT2D eigenvalue weighted by Crippen LogP contribution is -2.11. The summed E-state index contributed by atoms with van der Waals surface area (Å²) < 4.78 is 1.69. The van der Waals surface area contributed by atoms with E-state index < -0.39 is 0 Å². The molecule has 2 aromatic heterocycles. The minimum Gasteiger partial charge on any atom is -0.324 e. The molecule has 8 nitrogen and oxygen atoms in total. The van der Waals surface area contributed by atoms with Crippen LogP contribution >= 0.6 is 0 Å². The SMILES string of the molecule is Cc1ccc(Nc2nc(NN=Cc3cccc4ccccc34)nc(-n3nc(C)cc3C)n2)cc1. The zero-order chi connectivity index (χ0) is 23.5. The lowest BCUT2D eigenvalue weighted by atomic mass is 10.1. The Morgan fingerprint density at radius 3 is 2.38 bits per heavy atom. The number of fused-ring (bicyclic) bond motifs is 1. The predicted octanol–water partition coefficient (Wildman–Crippen LogP) is 5.33. The molecule has 0 saturated carbocycles. The van der Waals surface area contributed by atoms with Gasteiger partial charge >= 0.3 is 0 Å². The number of aromatic nitrogens is 5. The van der Waals surface area contributed by atoms with Crippen molar-refractivity contribution < 1.29 is 0 Å². The van der Waals surface area contributed by atoms with E-state index in [1.807, 2.05) is 75.4 Å². The fraction of sp³-hybridized carbons (Fsp3) is 0.115. The van der Waals surface area contributed by atoms with E-state index in [-0.39, 0.29) is 0 Å². The molecule has 5 rings (SSSR count). The summed E-state index contributed by atoms with van der Waals surface area (Å²) in [7, 11) is 0. The Morgan fingerprint density at radius 1 is 0.824 bits per heavy atom. The normalized spacial score (nSPS) is 11.3. The summed E-state index contributed by atoms with van der Waals surface area (Å²) in [4.78, 5) is 13.6. The molecule has 0 saturated heterocycles. The number of aryl methyl sites for hydroxylation is 3. The first kappa shape index (κ1) is 21.3. The highest BCUT2D eigenvalue weighted by atomic mass is 15.4. The molecule has 8 heteroatoms. The third-order valence-electron chi connectivity index (χ3n) is 5.32. The number of nitrogens with one attached hydrogen (secondary N) is 2. The van der Waals surface area contributed by atoms with Crippen LogP contribution in [0.5, 0.6) is 0 Å². The van der Waals surface area contributed by atoms with E-state index >= 15 is 0 Å². The number of rotatable bonds is 6. The molecule has 168 valence electrons. The first-order valence-corrected chi connectivity index (χ1v) is 11.0. The maximum Gasteiger partial charge on any atom is 0.257 e. The predicted molar refractivity (Wildman–Crippen MR) is 136 cm³/mol. The Hall–Kier alpha value is -4.59. The van der Waals surface area contributed by atoms with Crippen LogP contribution in [-0.2, 0) is 0 Å². The topological polar surface area (TPSA) is 92.9 Å². The highest BCUT2D eigenvalue weighted by molar-refractivity contribution is 5.99. The second-order valence-corrected chi connectivity index (χ2v) is 8.05. The molecule has 0 aliphatic heterocycles. The monoisotopic (exact) mass is 448 g/mol. The van der Waals surface area contributed by atoms with E-state index in [1.54, 1.807) is 10.9 Å². The molecule has 0 fully saturated rings. The summed E-state index contributed by atoms with van der Waals surface area (Å²) in [5, 5.41) is 14.4. The minimum atomic E-state index is 0.309. The standard InChI is InChI=1S/C26H24N8/c1-17-11-13-22(14-12-17)28-24-29-25(31-26(30-24)34-19(3)15-18(2)33-34)32-27-16-21-9-6-8-20-7-4-5-10-23(20)21/h4-16H,1-3H3,(H2,28,29,30,31,32). The van der Waals surface area contributed by atoms with Crippen molar-refractivity contribution in [2.24, 2.45) is 5.10 Å². The average molecular weight is 449 g/mol. The maximum absolute atomic E-state index is 4.58. The van der Waals surface area contributed by atoms with Crippen molar-refractivity contribution in [3.05, 3.63) is 95.3 Å². The first-order valence-electron chi connectivity index (χ1n) is 11.0. The fourth-order valence-electron chi connectivity index (χ4n) is 3.69. The van der Waals surface area contributed by atoms with Gasteiger partial charge in [-0.3, -0.25) is 0 Å². The van der Waals surface area contributed by atoms with Gasteiger partial charge in [0.05, 0.1) is 11.9 Å². The molecule has 0 bridgehead atoms. The third-order valence-corrected chi connectivity index (χ3v) is 5.32. The van der Waals surface area contributed by atoms with Crippen molar-refractivity contribution in [3.8, 4) is 5.95 Å². The molecule has 0 spiro atoms. The number of hydrazone groups is 1. The van der Waals surface area contributed by atoms with Gasteiger partial charge in [0.25, 0.3) is 5.95 Å². The largest absolute Gasteiger partial charge is 0.324 e. The van der Waals surface area contributed by atoms with E-state index in [0.29, 0.717) is 17.8 Å². The van der Waals surface area contributed by atoms with Crippen molar-refractivity contribution in [3.63, 3.8) is 0 Å². The molecule has 0 atom stereocenters. The van der Waals surface area contributed by atoms with Crippen LogP contribution in [0.25, 0.3) is 16.7 Å². The van der Waals surface area contributed by atoms with Crippen molar-refractivity contribution in [1.82, 2.24) is 24.7 Å². The van der Waals surface area contributed by atoms with Gasteiger partial charge in [-0.2, -0.15) is 25.2 Å². The lowest BCUT2D eigenvalue weighted by Gasteiger charge is -2.10. The zero-order valence-electron chi connectivity index (χ0n) is 19.2. The highest BCUT2D eigenvalue weighted by Gasteiger charge is 2.12. The molecule has 3 aromatic carbocycles. The van der Waals surface area contributed by atoms with Gasteiger partial charge in [0.1, 0.15) is 0 Å². The molecule has 2 N–H and O–H groups in total. The fourth-order valence-corrected chi connectivity index (χ4v) is 3.69. The zero-order valence-corrected chi connectivity index (χ0v) is 19.2. The number of anilines is 3. The smallest absolute Gasteiger partial charge is 0.257 e. The van der Waals surface area contributed by atoms with Crippen molar-refractivity contribution in [2.45, 2.75) is 20.8 Å². The third kappa shape index (κ3) is 4.61. The molecule has 0 amide bonds. The highest BCUT2D eigenvalue weighted by Crippen LogP contribution is 2.19. The van der Waals surface area contributed by atoms with Gasteiger partial charge in [-0.1, -0.05) is 60.2 Å². The van der Waals surface area contributed by atoms with Crippen molar-refractivity contribution >= 4 is 34.6 Å². The van der Waals surface area contributed by atoms with Gasteiger partial charge in [-0.25, -0.2) is 10.1 Å². The molecule has 34 heavy (non-hydrogen) atoms. The Balaban J connectivity index is 1.47. The molecule has 0 aliphatic rings. The van der Waals surface area contributed by atoms with Crippen LogP contribution in [0.2, 0.25) is 0 Å². The molecular formula is C26H24N8. The lowest BCUT2D eigenvalue weighted by molar-refractivity contribution is 0.767. The average Bonchev–Trinajstić information content (AvgIpc) is 3.18. The summed E-state index contributed by atoms with van der Waals surface area (Å²) in [6.07, 6.45) is 1.77. The van der Waals surface area contributed by atoms with Crippen molar-refractivity contribution in [1.29, 1.82) is 0 Å². The summed E-state index contributed by atoms with van der Waals surface area (Å²) in [5.41, 5.74) is 7.81. The molecular weight excluding hydrogens is 424 g/mol. The van der Waals surface area contributed by atoms with Gasteiger partial charge in [0.2, 0.25) is 11.9 Å². The Kier molecular flexibility index (Phi) is 5.70. The van der Waals surface area contributed by atoms with E-state index in [1.165, 1.54) is 5.56 Å². The van der Waals surface area contributed by atoms with E-state index in [4.69, 9.17) is 0 Å². The second kappa shape index (κ2) is 9.11. The first-order chi connectivity index (χ1) is 16.5. The maximum atomic E-state index is 4.58. The van der Waals surface area contributed by atoms with Crippen LogP contribution in [0.3, 0.4) is 0 Å². The van der Waals surface area contributed by atoms with E-state index in [0.717, 1.165) is 33.4 Å². The van der Waals surface area contributed by atoms with Crippen LogP contribution in [0.1, 0.15) is 22.5 Å². The Labute approximate surface area is 197 Å². The number of benzene rings is 3. The molecule has 5 aromatic rings. The summed E-state index contributed by atoms with van der Waals surface area (Å²) in [6, 6.07) is 24.3.